The first-order valence-corrected chi connectivity index (χ1v) is 7.70. The second kappa shape index (κ2) is 6.24. The third-order valence-corrected chi connectivity index (χ3v) is 4.41. The van der Waals surface area contributed by atoms with Gasteiger partial charge in [-0.2, -0.15) is 0 Å². The molecule has 1 amide bonds. The Morgan fingerprint density at radius 3 is 2.52 bits per heavy atom. The first kappa shape index (κ1) is 15.3. The van der Waals surface area contributed by atoms with Crippen LogP contribution in [0.1, 0.15) is 36.0 Å². The highest BCUT2D eigenvalue weighted by atomic mass is 16.4. The van der Waals surface area contributed by atoms with E-state index in [0.717, 1.165) is 0 Å². The van der Waals surface area contributed by atoms with Crippen LogP contribution in [-0.4, -0.2) is 28.0 Å². The number of hydrogen-bond donors (Lipinski definition) is 3. The van der Waals surface area contributed by atoms with Gasteiger partial charge < -0.3 is 15.4 Å². The van der Waals surface area contributed by atoms with Gasteiger partial charge in [0, 0.05) is 23.0 Å². The van der Waals surface area contributed by atoms with Crippen molar-refractivity contribution in [3.8, 4) is 0 Å². The molecule has 3 rings (SSSR count). The number of aromatic amines is 1. The van der Waals surface area contributed by atoms with E-state index in [0.29, 0.717) is 42.1 Å². The van der Waals surface area contributed by atoms with Crippen LogP contribution >= 0.6 is 0 Å². The smallest absolute Gasteiger partial charge is 0.306 e. The Balaban J connectivity index is 1.77. The number of carboxylic acid groups (broad SMARTS) is 1. The molecule has 23 heavy (non-hydrogen) atoms. The van der Waals surface area contributed by atoms with Crippen molar-refractivity contribution in [3.05, 3.63) is 46.2 Å². The van der Waals surface area contributed by atoms with Crippen molar-refractivity contribution in [2.75, 3.05) is 0 Å². The number of carbonyl (C=O) groups is 2. The van der Waals surface area contributed by atoms with E-state index in [1.807, 2.05) is 6.07 Å². The Kier molecular flexibility index (Phi) is 4.14. The van der Waals surface area contributed by atoms with Crippen LogP contribution in [0.25, 0.3) is 10.9 Å². The van der Waals surface area contributed by atoms with Crippen LogP contribution in [0.2, 0.25) is 0 Å². The number of H-pyrrole nitrogens is 1. The van der Waals surface area contributed by atoms with Crippen molar-refractivity contribution in [3.63, 3.8) is 0 Å². The summed E-state index contributed by atoms with van der Waals surface area (Å²) in [4.78, 5) is 37.9. The lowest BCUT2D eigenvalue weighted by molar-refractivity contribution is -0.142. The Labute approximate surface area is 132 Å². The van der Waals surface area contributed by atoms with Gasteiger partial charge in [0.2, 0.25) is 5.56 Å². The van der Waals surface area contributed by atoms with E-state index < -0.39 is 5.97 Å². The van der Waals surface area contributed by atoms with Crippen LogP contribution in [0.5, 0.6) is 0 Å². The van der Waals surface area contributed by atoms with Crippen LogP contribution in [0.15, 0.2) is 35.1 Å². The SMILES string of the molecule is O=C(NC1CCC(C(=O)O)CC1)c1cc(=O)[nH]c2ccccc12. The molecule has 3 N–H and O–H groups in total. The van der Waals surface area contributed by atoms with E-state index in [-0.39, 0.29) is 23.4 Å². The molecular formula is C17H18N2O4. The summed E-state index contributed by atoms with van der Waals surface area (Å²) in [5.41, 5.74) is 0.660. The van der Waals surface area contributed by atoms with Crippen molar-refractivity contribution in [1.29, 1.82) is 0 Å². The molecule has 0 saturated heterocycles. The van der Waals surface area contributed by atoms with Gasteiger partial charge in [-0.1, -0.05) is 18.2 Å². The van der Waals surface area contributed by atoms with Crippen molar-refractivity contribution in [2.45, 2.75) is 31.7 Å². The van der Waals surface area contributed by atoms with Crippen molar-refractivity contribution < 1.29 is 14.7 Å². The summed E-state index contributed by atoms with van der Waals surface area (Å²) in [6.45, 7) is 0. The highest BCUT2D eigenvalue weighted by Crippen LogP contribution is 2.25. The fourth-order valence-electron chi connectivity index (χ4n) is 3.14. The van der Waals surface area contributed by atoms with E-state index in [2.05, 4.69) is 10.3 Å². The Hall–Kier alpha value is -2.63. The largest absolute Gasteiger partial charge is 0.481 e. The zero-order chi connectivity index (χ0) is 16.4. The van der Waals surface area contributed by atoms with Gasteiger partial charge in [-0.3, -0.25) is 14.4 Å². The maximum atomic E-state index is 12.5. The number of aliphatic carboxylic acids is 1. The van der Waals surface area contributed by atoms with Gasteiger partial charge in [-0.05, 0) is 31.7 Å². The Morgan fingerprint density at radius 1 is 1.13 bits per heavy atom. The number of nitrogens with one attached hydrogen (secondary N) is 2. The summed E-state index contributed by atoms with van der Waals surface area (Å²) in [5.74, 6) is -1.37. The standard InChI is InChI=1S/C17H18N2O4/c20-15-9-13(12-3-1-2-4-14(12)19-15)16(21)18-11-7-5-10(6-8-11)17(22)23/h1-4,9-11H,5-8H2,(H,18,21)(H,19,20)(H,22,23). The van der Waals surface area contributed by atoms with E-state index in [4.69, 9.17) is 5.11 Å². The normalized spacial score (nSPS) is 21.0. The van der Waals surface area contributed by atoms with Crippen molar-refractivity contribution in [2.24, 2.45) is 5.92 Å². The predicted molar refractivity (Wildman–Crippen MR) is 85.4 cm³/mol. The molecule has 0 aliphatic heterocycles. The number of carbonyl (C=O) groups excluding carboxylic acids is 1. The molecule has 120 valence electrons. The number of carboxylic acids is 1. The molecule has 6 heteroatoms. The Morgan fingerprint density at radius 2 is 1.83 bits per heavy atom. The summed E-state index contributed by atoms with van der Waals surface area (Å²) < 4.78 is 0. The number of rotatable bonds is 3. The highest BCUT2D eigenvalue weighted by Gasteiger charge is 2.27. The number of pyridine rings is 1. The number of fused-ring (bicyclic) bond motifs is 1. The number of para-hydroxylation sites is 1. The molecule has 1 aliphatic carbocycles. The van der Waals surface area contributed by atoms with Gasteiger partial charge >= 0.3 is 5.97 Å². The maximum Gasteiger partial charge on any atom is 0.306 e. The fourth-order valence-corrected chi connectivity index (χ4v) is 3.14. The molecule has 1 aliphatic rings. The van der Waals surface area contributed by atoms with Crippen LogP contribution in [-0.2, 0) is 4.79 Å². The maximum absolute atomic E-state index is 12.5. The van der Waals surface area contributed by atoms with Gasteiger partial charge in [-0.25, -0.2) is 0 Å². The van der Waals surface area contributed by atoms with E-state index in [9.17, 15) is 14.4 Å². The van der Waals surface area contributed by atoms with Crippen LogP contribution in [0, 0.1) is 5.92 Å². The van der Waals surface area contributed by atoms with Gasteiger partial charge in [0.05, 0.1) is 11.5 Å². The van der Waals surface area contributed by atoms with Crippen LogP contribution in [0.3, 0.4) is 0 Å². The lowest BCUT2D eigenvalue weighted by Crippen LogP contribution is -2.39. The molecule has 0 atom stereocenters. The zero-order valence-corrected chi connectivity index (χ0v) is 12.5. The Bertz CT molecular complexity index is 804. The number of benzene rings is 1. The molecule has 1 heterocycles. The first-order chi connectivity index (χ1) is 11.0. The fraction of sp³-hybridized carbons (Fsp3) is 0.353. The first-order valence-electron chi connectivity index (χ1n) is 7.70. The zero-order valence-electron chi connectivity index (χ0n) is 12.5. The van der Waals surface area contributed by atoms with Gasteiger partial charge in [0.1, 0.15) is 0 Å². The summed E-state index contributed by atoms with van der Waals surface area (Å²) in [6, 6.07) is 8.42. The van der Waals surface area contributed by atoms with E-state index in [1.54, 1.807) is 18.2 Å². The van der Waals surface area contributed by atoms with E-state index in [1.165, 1.54) is 6.07 Å². The number of aromatic nitrogens is 1. The molecule has 1 saturated carbocycles. The number of hydrogen-bond acceptors (Lipinski definition) is 3. The number of amides is 1. The molecule has 1 aromatic heterocycles. The molecule has 0 bridgehead atoms. The third kappa shape index (κ3) is 3.26. The van der Waals surface area contributed by atoms with Crippen LogP contribution in [0.4, 0.5) is 0 Å². The highest BCUT2D eigenvalue weighted by molar-refractivity contribution is 6.06. The monoisotopic (exact) mass is 314 g/mol. The summed E-state index contributed by atoms with van der Waals surface area (Å²) in [7, 11) is 0. The molecule has 0 radical (unpaired) electrons. The second-order valence-electron chi connectivity index (χ2n) is 5.95. The summed E-state index contributed by atoms with van der Waals surface area (Å²) in [6.07, 6.45) is 2.42. The minimum Gasteiger partial charge on any atom is -0.481 e. The van der Waals surface area contributed by atoms with Gasteiger partial charge in [0.15, 0.2) is 0 Å². The van der Waals surface area contributed by atoms with Gasteiger partial charge in [-0.15, -0.1) is 0 Å². The molecule has 0 unspecified atom stereocenters. The quantitative estimate of drug-likeness (QED) is 0.805. The van der Waals surface area contributed by atoms with Gasteiger partial charge in [0.25, 0.3) is 5.91 Å². The third-order valence-electron chi connectivity index (χ3n) is 4.41. The lowest BCUT2D eigenvalue weighted by atomic mass is 9.86. The van der Waals surface area contributed by atoms with Crippen LogP contribution < -0.4 is 10.9 Å². The molecule has 0 spiro atoms. The van der Waals surface area contributed by atoms with Crippen molar-refractivity contribution >= 4 is 22.8 Å². The molecule has 1 fully saturated rings. The molecule has 6 nitrogen and oxygen atoms in total. The predicted octanol–water partition coefficient (Wildman–Crippen LogP) is 1.90. The minimum absolute atomic E-state index is 0.0452. The average Bonchev–Trinajstić information content (AvgIpc) is 2.54. The topological polar surface area (TPSA) is 99.3 Å². The molecular weight excluding hydrogens is 296 g/mol. The molecule has 2 aromatic rings. The minimum atomic E-state index is -0.768. The van der Waals surface area contributed by atoms with Crippen molar-refractivity contribution in [1.82, 2.24) is 10.3 Å². The van der Waals surface area contributed by atoms with E-state index >= 15 is 0 Å². The lowest BCUT2D eigenvalue weighted by Gasteiger charge is -2.26. The molecule has 1 aromatic carbocycles. The summed E-state index contributed by atoms with van der Waals surface area (Å²) in [5, 5.41) is 12.6. The second-order valence-corrected chi connectivity index (χ2v) is 5.95. The summed E-state index contributed by atoms with van der Waals surface area (Å²) >= 11 is 0. The average molecular weight is 314 g/mol.